The van der Waals surface area contributed by atoms with Crippen molar-refractivity contribution < 1.29 is 14.6 Å². The lowest BCUT2D eigenvalue weighted by atomic mass is 10.2. The Morgan fingerprint density at radius 1 is 1.23 bits per heavy atom. The van der Waals surface area contributed by atoms with Crippen molar-refractivity contribution in [3.8, 4) is 0 Å². The molecule has 0 unspecified atom stereocenters. The van der Waals surface area contributed by atoms with Crippen LogP contribution in [0.1, 0.15) is 37.6 Å². The van der Waals surface area contributed by atoms with Gasteiger partial charge >= 0.3 is 0 Å². The van der Waals surface area contributed by atoms with Crippen LogP contribution in [0.15, 0.2) is 24.3 Å². The van der Waals surface area contributed by atoms with Crippen molar-refractivity contribution in [1.29, 1.82) is 0 Å². The van der Waals surface area contributed by atoms with E-state index in [9.17, 15) is 4.79 Å². The van der Waals surface area contributed by atoms with E-state index < -0.39 is 0 Å². The Morgan fingerprint density at radius 2 is 1.96 bits per heavy atom. The maximum atomic E-state index is 12.5. The maximum Gasteiger partial charge on any atom is 0.278 e. The van der Waals surface area contributed by atoms with Gasteiger partial charge in [-0.2, -0.15) is 0 Å². The summed E-state index contributed by atoms with van der Waals surface area (Å²) in [6.07, 6.45) is 4.85. The van der Waals surface area contributed by atoms with Gasteiger partial charge in [0, 0.05) is 6.04 Å². The first-order valence-corrected chi connectivity index (χ1v) is 10.8. The number of aromatic nitrogens is 1. The van der Waals surface area contributed by atoms with Crippen LogP contribution in [0.3, 0.4) is 0 Å². The number of thiazole rings is 1. The first-order chi connectivity index (χ1) is 12.7. The second-order valence-corrected chi connectivity index (χ2v) is 8.99. The molecular weight excluding hydrogens is 344 g/mol. The number of carbonyl (C=O) groups is 1. The van der Waals surface area contributed by atoms with Gasteiger partial charge < -0.3 is 15.1 Å². The summed E-state index contributed by atoms with van der Waals surface area (Å²) in [7, 11) is 0. The van der Waals surface area contributed by atoms with E-state index >= 15 is 0 Å². The number of para-hydroxylation sites is 1. The van der Waals surface area contributed by atoms with Crippen molar-refractivity contribution in [2.45, 2.75) is 51.2 Å². The van der Waals surface area contributed by atoms with Gasteiger partial charge in [-0.05, 0) is 31.9 Å². The number of carbonyl (C=O) groups excluding carboxylic acids is 1. The lowest BCUT2D eigenvalue weighted by Crippen LogP contribution is -3.29. The summed E-state index contributed by atoms with van der Waals surface area (Å²) in [6.45, 7) is 7.48. The molecule has 3 N–H and O–H groups in total. The molecule has 2 fully saturated rings. The molecule has 1 aliphatic heterocycles. The number of fused-ring (bicyclic) bond motifs is 1. The molecular formula is C20H30N4OS+2. The van der Waals surface area contributed by atoms with Gasteiger partial charge in [-0.1, -0.05) is 25.0 Å². The highest BCUT2D eigenvalue weighted by Crippen LogP contribution is 2.20. The van der Waals surface area contributed by atoms with Crippen molar-refractivity contribution in [1.82, 2.24) is 10.3 Å². The molecule has 4 rings (SSSR count). The monoisotopic (exact) mass is 374 g/mol. The molecule has 2 aromatic rings. The highest BCUT2D eigenvalue weighted by molar-refractivity contribution is 7.18. The summed E-state index contributed by atoms with van der Waals surface area (Å²) in [4.78, 5) is 20.3. The zero-order chi connectivity index (χ0) is 17.9. The van der Waals surface area contributed by atoms with E-state index in [1.165, 1.54) is 27.4 Å². The van der Waals surface area contributed by atoms with Crippen LogP contribution >= 0.6 is 11.3 Å². The highest BCUT2D eigenvalue weighted by Gasteiger charge is 2.32. The van der Waals surface area contributed by atoms with Crippen LogP contribution in [0.2, 0.25) is 0 Å². The molecule has 5 nitrogen and oxygen atoms in total. The van der Waals surface area contributed by atoms with E-state index in [1.807, 2.05) is 11.3 Å². The first-order valence-electron chi connectivity index (χ1n) is 10.0. The number of hydrogen-bond acceptors (Lipinski definition) is 3. The fraction of sp³-hybridized carbons (Fsp3) is 0.600. The van der Waals surface area contributed by atoms with E-state index in [0.717, 1.165) is 51.1 Å². The van der Waals surface area contributed by atoms with E-state index in [4.69, 9.17) is 4.98 Å². The molecule has 1 amide bonds. The van der Waals surface area contributed by atoms with Crippen molar-refractivity contribution in [2.75, 3.05) is 26.2 Å². The summed E-state index contributed by atoms with van der Waals surface area (Å²) < 4.78 is 1.28. The molecule has 1 aliphatic carbocycles. The zero-order valence-electron chi connectivity index (χ0n) is 15.6. The van der Waals surface area contributed by atoms with Gasteiger partial charge in [0.05, 0.1) is 10.2 Å². The van der Waals surface area contributed by atoms with Crippen LogP contribution in [-0.4, -0.2) is 49.2 Å². The summed E-state index contributed by atoms with van der Waals surface area (Å²) >= 11 is 1.82. The molecule has 2 heterocycles. The fourth-order valence-electron chi connectivity index (χ4n) is 4.33. The molecule has 140 valence electrons. The Balaban J connectivity index is 1.27. The zero-order valence-corrected chi connectivity index (χ0v) is 16.4. The molecule has 0 bridgehead atoms. The van der Waals surface area contributed by atoms with Gasteiger partial charge in [0.15, 0.2) is 6.04 Å². The Hall–Kier alpha value is -1.50. The van der Waals surface area contributed by atoms with Crippen LogP contribution in [0.5, 0.6) is 0 Å². The van der Waals surface area contributed by atoms with E-state index in [-0.39, 0.29) is 11.9 Å². The van der Waals surface area contributed by atoms with Crippen LogP contribution < -0.4 is 15.1 Å². The number of quaternary nitrogens is 2. The largest absolute Gasteiger partial charge is 0.348 e. The smallest absolute Gasteiger partial charge is 0.278 e. The summed E-state index contributed by atoms with van der Waals surface area (Å²) in [5.41, 5.74) is 1.12. The topological polar surface area (TPSA) is 50.9 Å². The van der Waals surface area contributed by atoms with Crippen LogP contribution in [0.25, 0.3) is 10.2 Å². The third-order valence-electron chi connectivity index (χ3n) is 6.05. The lowest BCUT2D eigenvalue weighted by molar-refractivity contribution is -1.02. The third kappa shape index (κ3) is 4.08. The molecule has 26 heavy (non-hydrogen) atoms. The maximum absolute atomic E-state index is 12.5. The molecule has 1 saturated heterocycles. The summed E-state index contributed by atoms with van der Waals surface area (Å²) in [6, 6.07) is 8.88. The number of piperazine rings is 1. The van der Waals surface area contributed by atoms with Crippen molar-refractivity contribution in [3.05, 3.63) is 29.3 Å². The number of hydrogen-bond donors (Lipinski definition) is 3. The van der Waals surface area contributed by atoms with Crippen molar-refractivity contribution >= 4 is 27.5 Å². The van der Waals surface area contributed by atoms with Crippen molar-refractivity contribution in [3.63, 3.8) is 0 Å². The van der Waals surface area contributed by atoms with E-state index in [2.05, 4.69) is 36.5 Å². The number of nitrogens with one attached hydrogen (secondary N) is 3. The average Bonchev–Trinajstić information content (AvgIpc) is 3.30. The lowest BCUT2D eigenvalue weighted by Gasteiger charge is -2.32. The number of benzene rings is 1. The first kappa shape index (κ1) is 17.9. The highest BCUT2D eigenvalue weighted by atomic mass is 32.1. The molecule has 0 spiro atoms. The van der Waals surface area contributed by atoms with Gasteiger partial charge in [-0.3, -0.25) is 4.79 Å². The third-order valence-corrected chi connectivity index (χ3v) is 7.08. The quantitative estimate of drug-likeness (QED) is 0.692. The number of nitrogens with zero attached hydrogens (tertiary/aromatic N) is 1. The number of amides is 1. The van der Waals surface area contributed by atoms with E-state index in [0.29, 0.717) is 6.04 Å². The Kier molecular flexibility index (Phi) is 5.52. The standard InChI is InChI=1S/C20H28N4OS/c1-15(20(25)21-16-6-2-3-7-16)24-12-10-23(11-13-24)14-19-22-17-8-4-5-9-18(17)26-19/h4-5,8-9,15-16H,2-3,6-7,10-14H2,1H3,(H,21,25)/p+2/t15-/m1/s1. The van der Waals surface area contributed by atoms with Crippen molar-refractivity contribution in [2.24, 2.45) is 0 Å². The second-order valence-electron chi connectivity index (χ2n) is 7.87. The average molecular weight is 375 g/mol. The molecule has 2 aliphatic rings. The fourth-order valence-corrected chi connectivity index (χ4v) is 5.36. The van der Waals surface area contributed by atoms with E-state index in [1.54, 1.807) is 4.90 Å². The van der Waals surface area contributed by atoms with Crippen LogP contribution in [0, 0.1) is 0 Å². The van der Waals surface area contributed by atoms with Gasteiger partial charge in [-0.25, -0.2) is 4.98 Å². The molecule has 1 saturated carbocycles. The minimum Gasteiger partial charge on any atom is -0.348 e. The molecule has 1 aromatic carbocycles. The second kappa shape index (κ2) is 8.03. The van der Waals surface area contributed by atoms with Crippen LogP contribution in [-0.2, 0) is 11.3 Å². The molecule has 1 aromatic heterocycles. The molecule has 1 atom stereocenters. The molecule has 6 heteroatoms. The Bertz CT molecular complexity index is 714. The van der Waals surface area contributed by atoms with Crippen LogP contribution in [0.4, 0.5) is 0 Å². The Morgan fingerprint density at radius 3 is 2.69 bits per heavy atom. The summed E-state index contributed by atoms with van der Waals surface area (Å²) in [5.74, 6) is 0.251. The normalized spacial score (nSPS) is 25.4. The van der Waals surface area contributed by atoms with Gasteiger partial charge in [-0.15, -0.1) is 11.3 Å². The van der Waals surface area contributed by atoms with Gasteiger partial charge in [0.1, 0.15) is 37.7 Å². The Labute approximate surface area is 159 Å². The molecule has 0 radical (unpaired) electrons. The summed E-state index contributed by atoms with van der Waals surface area (Å²) in [5, 5.41) is 4.50. The van der Waals surface area contributed by atoms with Gasteiger partial charge in [0.2, 0.25) is 0 Å². The predicted molar refractivity (Wildman–Crippen MR) is 105 cm³/mol. The van der Waals surface area contributed by atoms with Gasteiger partial charge in [0.25, 0.3) is 5.91 Å². The minimum absolute atomic E-state index is 0.0691. The predicted octanol–water partition coefficient (Wildman–Crippen LogP) is 0.0270. The number of rotatable bonds is 5. The SMILES string of the molecule is C[C@H](C(=O)NC1CCCC1)[NH+]1CC[NH+](Cc2nc3ccccc3s2)CC1. The minimum atomic E-state index is 0.0691.